The second-order valence-electron chi connectivity index (χ2n) is 8.49. The SMILES string of the molecule is COCn1cc(C(=O)O)c2c3c(C(=O)O)cn(COC)c3c(S(=O)(=O)c3ccc(C)cc3)c(OC(C)=O)c21. The lowest BCUT2D eigenvalue weighted by molar-refractivity contribution is -0.131. The van der Waals surface area contributed by atoms with Gasteiger partial charge < -0.3 is 33.6 Å². The number of aromatic carboxylic acids is 2. The van der Waals surface area contributed by atoms with Crippen molar-refractivity contribution in [2.45, 2.75) is 37.1 Å². The molecule has 4 aromatic rings. The molecule has 0 unspecified atom stereocenters. The Labute approximate surface area is 216 Å². The predicted octanol–water partition coefficient (Wildman–Crippen LogP) is 3.27. The number of carbonyl (C=O) groups is 3. The molecule has 12 nitrogen and oxygen atoms in total. The number of fused-ring (bicyclic) bond motifs is 3. The molecule has 0 saturated heterocycles. The van der Waals surface area contributed by atoms with E-state index in [4.69, 9.17) is 14.2 Å². The second-order valence-corrected chi connectivity index (χ2v) is 10.4. The van der Waals surface area contributed by atoms with Crippen LogP contribution in [-0.4, -0.2) is 59.9 Å². The molecule has 2 aromatic carbocycles. The van der Waals surface area contributed by atoms with Gasteiger partial charge in [-0.15, -0.1) is 0 Å². The van der Waals surface area contributed by atoms with Gasteiger partial charge in [0.1, 0.15) is 18.4 Å². The van der Waals surface area contributed by atoms with Crippen molar-refractivity contribution in [3.63, 3.8) is 0 Å². The van der Waals surface area contributed by atoms with Crippen molar-refractivity contribution >= 4 is 49.6 Å². The van der Waals surface area contributed by atoms with Crippen molar-refractivity contribution < 1.29 is 47.2 Å². The average Bonchev–Trinajstić information content (AvgIpc) is 3.39. The zero-order valence-electron chi connectivity index (χ0n) is 20.8. The maximum atomic E-state index is 14.2. The minimum atomic E-state index is -4.49. The third-order valence-electron chi connectivity index (χ3n) is 5.89. The summed E-state index contributed by atoms with van der Waals surface area (Å²) >= 11 is 0. The number of nitrogens with zero attached hydrogens (tertiary/aromatic N) is 2. The van der Waals surface area contributed by atoms with E-state index >= 15 is 0 Å². The van der Waals surface area contributed by atoms with Crippen LogP contribution in [0.5, 0.6) is 5.75 Å². The largest absolute Gasteiger partial charge is 0.478 e. The Bertz CT molecular complexity index is 1710. The van der Waals surface area contributed by atoms with Crippen molar-refractivity contribution in [1.82, 2.24) is 9.13 Å². The van der Waals surface area contributed by atoms with E-state index in [0.29, 0.717) is 0 Å². The molecule has 0 aliphatic rings. The number of esters is 1. The van der Waals surface area contributed by atoms with Crippen LogP contribution in [0.4, 0.5) is 0 Å². The highest BCUT2D eigenvalue weighted by molar-refractivity contribution is 7.91. The number of aryl methyl sites for hydroxylation is 1. The summed E-state index contributed by atoms with van der Waals surface area (Å²) in [4.78, 5) is 36.3. The number of carbonyl (C=O) groups excluding carboxylic acids is 1. The van der Waals surface area contributed by atoms with Gasteiger partial charge in [-0.25, -0.2) is 18.0 Å². The van der Waals surface area contributed by atoms with Gasteiger partial charge in [0.05, 0.1) is 27.1 Å². The number of ether oxygens (including phenoxy) is 3. The number of benzene rings is 2. The number of carboxylic acid groups (broad SMARTS) is 2. The number of rotatable bonds is 9. The lowest BCUT2D eigenvalue weighted by Crippen LogP contribution is -2.13. The molecule has 0 fully saturated rings. The first kappa shape index (κ1) is 26.9. The summed E-state index contributed by atoms with van der Waals surface area (Å²) in [5.74, 6) is -4.18. The molecular formula is C25H24N2O10S. The van der Waals surface area contributed by atoms with Crippen LogP contribution in [0.3, 0.4) is 0 Å². The first-order chi connectivity index (χ1) is 17.9. The van der Waals surface area contributed by atoms with Gasteiger partial charge in [0.25, 0.3) is 0 Å². The predicted molar refractivity (Wildman–Crippen MR) is 133 cm³/mol. The van der Waals surface area contributed by atoms with Crippen molar-refractivity contribution in [2.24, 2.45) is 0 Å². The molecule has 2 N–H and O–H groups in total. The number of aromatic nitrogens is 2. The molecule has 200 valence electrons. The first-order valence-electron chi connectivity index (χ1n) is 11.1. The number of hydrogen-bond donors (Lipinski definition) is 2. The smallest absolute Gasteiger partial charge is 0.337 e. The Morgan fingerprint density at radius 3 is 1.76 bits per heavy atom. The zero-order chi connectivity index (χ0) is 27.9. The highest BCUT2D eigenvalue weighted by Crippen LogP contribution is 2.47. The van der Waals surface area contributed by atoms with Crippen LogP contribution in [0.15, 0.2) is 46.5 Å². The quantitative estimate of drug-likeness (QED) is 0.236. The molecule has 0 spiro atoms. The van der Waals surface area contributed by atoms with E-state index in [2.05, 4.69) is 0 Å². The minimum absolute atomic E-state index is 0.129. The lowest BCUT2D eigenvalue weighted by atomic mass is 10.0. The van der Waals surface area contributed by atoms with Crippen molar-refractivity contribution in [3.8, 4) is 5.75 Å². The van der Waals surface area contributed by atoms with Gasteiger partial charge in [0, 0.05) is 44.3 Å². The summed E-state index contributed by atoms with van der Waals surface area (Å²) in [7, 11) is -1.84. The topological polar surface area (TPSA) is 163 Å². The summed E-state index contributed by atoms with van der Waals surface area (Å²) < 4.78 is 46.8. The molecule has 0 aliphatic heterocycles. The highest BCUT2D eigenvalue weighted by atomic mass is 32.2. The Kier molecular flexibility index (Phi) is 7.02. The second kappa shape index (κ2) is 9.93. The van der Waals surface area contributed by atoms with Gasteiger partial charge in [-0.05, 0) is 19.1 Å². The Hall–Kier alpha value is -4.20. The van der Waals surface area contributed by atoms with E-state index < -0.39 is 38.4 Å². The van der Waals surface area contributed by atoms with Crippen LogP contribution in [0.25, 0.3) is 21.8 Å². The highest BCUT2D eigenvalue weighted by Gasteiger charge is 2.36. The molecule has 0 bridgehead atoms. The molecule has 2 heterocycles. The molecule has 0 saturated carbocycles. The summed E-state index contributed by atoms with van der Waals surface area (Å²) in [5.41, 5.74) is -0.232. The minimum Gasteiger partial charge on any atom is -0.478 e. The number of hydrogen-bond acceptors (Lipinski definition) is 8. The van der Waals surface area contributed by atoms with Gasteiger partial charge in [0.2, 0.25) is 9.84 Å². The van der Waals surface area contributed by atoms with Crippen molar-refractivity contribution in [3.05, 3.63) is 53.3 Å². The first-order valence-corrected chi connectivity index (χ1v) is 12.6. The van der Waals surface area contributed by atoms with E-state index in [1.165, 1.54) is 41.7 Å². The molecule has 4 rings (SSSR count). The van der Waals surface area contributed by atoms with E-state index in [0.717, 1.165) is 18.7 Å². The fourth-order valence-electron chi connectivity index (χ4n) is 4.45. The maximum Gasteiger partial charge on any atom is 0.337 e. The van der Waals surface area contributed by atoms with Crippen LogP contribution >= 0.6 is 0 Å². The Morgan fingerprint density at radius 2 is 1.32 bits per heavy atom. The van der Waals surface area contributed by atoms with Gasteiger partial charge >= 0.3 is 17.9 Å². The molecule has 0 amide bonds. The van der Waals surface area contributed by atoms with E-state index in [1.807, 2.05) is 0 Å². The van der Waals surface area contributed by atoms with Gasteiger partial charge in [-0.2, -0.15) is 0 Å². The van der Waals surface area contributed by atoms with Crippen LogP contribution in [0.2, 0.25) is 0 Å². The van der Waals surface area contributed by atoms with E-state index in [-0.39, 0.29) is 51.3 Å². The summed E-state index contributed by atoms with van der Waals surface area (Å²) in [5, 5.41) is 19.8. The summed E-state index contributed by atoms with van der Waals surface area (Å²) in [6.45, 7) is 2.30. The van der Waals surface area contributed by atoms with Crippen molar-refractivity contribution in [1.29, 1.82) is 0 Å². The standard InChI is InChI=1S/C25H24N2O10S/c1-13-5-7-15(8-6-13)38(33,34)23-21-19(17(25(31)32)10-27(21)12-36-4)18-16(24(29)30)9-26(11-35-3)20(18)22(23)37-14(2)28/h5-10H,11-12H2,1-4H3,(H,29,30)(H,31,32). The number of carboxylic acids is 2. The molecule has 0 atom stereocenters. The third kappa shape index (κ3) is 4.30. The molecule has 13 heteroatoms. The fraction of sp³-hybridized carbons (Fsp3) is 0.240. The van der Waals surface area contributed by atoms with E-state index in [9.17, 15) is 33.0 Å². The molecule has 38 heavy (non-hydrogen) atoms. The van der Waals surface area contributed by atoms with Crippen molar-refractivity contribution in [2.75, 3.05) is 14.2 Å². The Morgan fingerprint density at radius 1 is 0.842 bits per heavy atom. The Balaban J connectivity index is 2.40. The molecule has 2 aromatic heterocycles. The molecule has 0 aliphatic carbocycles. The summed E-state index contributed by atoms with van der Waals surface area (Å²) in [6, 6.07) is 5.91. The lowest BCUT2D eigenvalue weighted by Gasteiger charge is -2.17. The zero-order valence-corrected chi connectivity index (χ0v) is 21.7. The van der Waals surface area contributed by atoms with Crippen LogP contribution in [0.1, 0.15) is 33.2 Å². The summed E-state index contributed by atoms with van der Waals surface area (Å²) in [6.07, 6.45) is 2.32. The van der Waals surface area contributed by atoms with Crippen LogP contribution < -0.4 is 4.74 Å². The average molecular weight is 545 g/mol. The van der Waals surface area contributed by atoms with Gasteiger partial charge in [-0.1, -0.05) is 17.7 Å². The number of methoxy groups -OCH3 is 2. The van der Waals surface area contributed by atoms with Crippen LogP contribution in [0, 0.1) is 6.92 Å². The molecule has 0 radical (unpaired) electrons. The van der Waals surface area contributed by atoms with Gasteiger partial charge in [0.15, 0.2) is 5.75 Å². The monoisotopic (exact) mass is 544 g/mol. The van der Waals surface area contributed by atoms with Crippen LogP contribution in [-0.2, 0) is 37.6 Å². The van der Waals surface area contributed by atoms with E-state index in [1.54, 1.807) is 19.1 Å². The fourth-order valence-corrected chi connectivity index (χ4v) is 6.04. The molecular weight excluding hydrogens is 520 g/mol. The normalized spacial score (nSPS) is 11.8. The number of sulfone groups is 1. The van der Waals surface area contributed by atoms with Gasteiger partial charge in [-0.3, -0.25) is 4.79 Å². The maximum absolute atomic E-state index is 14.2. The third-order valence-corrected chi connectivity index (χ3v) is 7.69.